The van der Waals surface area contributed by atoms with Crippen molar-refractivity contribution in [2.24, 2.45) is 5.92 Å². The van der Waals surface area contributed by atoms with Crippen LogP contribution in [0.2, 0.25) is 0 Å². The molecule has 2 aromatic rings. The molecule has 6 nitrogen and oxygen atoms in total. The largest absolute Gasteiger partial charge is 0.445 e. The van der Waals surface area contributed by atoms with Gasteiger partial charge in [-0.05, 0) is 48.1 Å². The van der Waals surface area contributed by atoms with Gasteiger partial charge in [-0.25, -0.2) is 18.4 Å². The first kappa shape index (κ1) is 25.4. The quantitative estimate of drug-likeness (QED) is 0.498. The van der Waals surface area contributed by atoms with Crippen molar-refractivity contribution in [3.63, 3.8) is 0 Å². The summed E-state index contributed by atoms with van der Waals surface area (Å²) in [6, 6.07) is 12.3. The summed E-state index contributed by atoms with van der Waals surface area (Å²) in [7, 11) is 1.76. The summed E-state index contributed by atoms with van der Waals surface area (Å²) in [5, 5.41) is 0. The smallest absolute Gasteiger partial charge is 0.410 e. The highest BCUT2D eigenvalue weighted by Crippen LogP contribution is 2.36. The fourth-order valence-electron chi connectivity index (χ4n) is 4.85. The molecule has 1 saturated heterocycles. The Morgan fingerprint density at radius 2 is 1.86 bits per heavy atom. The molecule has 0 N–H and O–H groups in total. The third-order valence-electron chi connectivity index (χ3n) is 6.75. The molecular formula is C28H31F2N3O3. The lowest BCUT2D eigenvalue weighted by Crippen LogP contribution is -2.46. The lowest BCUT2D eigenvalue weighted by molar-refractivity contribution is 0.0906. The summed E-state index contributed by atoms with van der Waals surface area (Å²) in [5.74, 6) is -0.797. The lowest BCUT2D eigenvalue weighted by Gasteiger charge is -2.35. The predicted molar refractivity (Wildman–Crippen MR) is 134 cm³/mol. The van der Waals surface area contributed by atoms with E-state index in [0.717, 1.165) is 30.5 Å². The third-order valence-corrected chi connectivity index (χ3v) is 6.75. The Morgan fingerprint density at radius 3 is 2.56 bits per heavy atom. The Kier molecular flexibility index (Phi) is 8.03. The van der Waals surface area contributed by atoms with Crippen LogP contribution in [0.5, 0.6) is 0 Å². The number of benzene rings is 2. The van der Waals surface area contributed by atoms with Gasteiger partial charge in [-0.1, -0.05) is 49.1 Å². The van der Waals surface area contributed by atoms with Gasteiger partial charge in [-0.2, -0.15) is 0 Å². The molecule has 0 radical (unpaired) electrons. The second kappa shape index (κ2) is 11.4. The molecule has 0 aromatic heterocycles. The summed E-state index contributed by atoms with van der Waals surface area (Å²) in [5.41, 5.74) is 1.65. The number of rotatable bonds is 6. The minimum Gasteiger partial charge on any atom is -0.445 e. The Hall–Kier alpha value is -3.68. The molecule has 3 amide bonds. The molecule has 1 fully saturated rings. The van der Waals surface area contributed by atoms with Crippen molar-refractivity contribution in [2.75, 3.05) is 39.8 Å². The zero-order valence-electron chi connectivity index (χ0n) is 20.4. The van der Waals surface area contributed by atoms with E-state index >= 15 is 0 Å². The van der Waals surface area contributed by atoms with Gasteiger partial charge in [-0.3, -0.25) is 0 Å². The van der Waals surface area contributed by atoms with E-state index in [-0.39, 0.29) is 42.8 Å². The number of likely N-dealkylation sites (tertiary alicyclic amines) is 1. The average molecular weight is 496 g/mol. The summed E-state index contributed by atoms with van der Waals surface area (Å²) in [4.78, 5) is 30.7. The minimum absolute atomic E-state index is 0.171. The zero-order chi connectivity index (χ0) is 25.7. The molecule has 2 aliphatic heterocycles. The van der Waals surface area contributed by atoms with E-state index in [9.17, 15) is 18.4 Å². The van der Waals surface area contributed by atoms with Crippen LogP contribution < -0.4 is 0 Å². The highest BCUT2D eigenvalue weighted by Gasteiger charge is 2.34. The maximum Gasteiger partial charge on any atom is 0.410 e. The van der Waals surface area contributed by atoms with E-state index in [2.05, 4.69) is 6.58 Å². The van der Waals surface area contributed by atoms with Crippen LogP contribution in [0.15, 0.2) is 67.3 Å². The van der Waals surface area contributed by atoms with E-state index in [1.807, 2.05) is 36.4 Å². The van der Waals surface area contributed by atoms with E-state index < -0.39 is 11.6 Å². The molecule has 2 heterocycles. The topological polar surface area (TPSA) is 53.1 Å². The van der Waals surface area contributed by atoms with Crippen LogP contribution in [-0.2, 0) is 4.74 Å². The Labute approximate surface area is 210 Å². The van der Waals surface area contributed by atoms with Crippen LogP contribution in [0.3, 0.4) is 0 Å². The molecule has 190 valence electrons. The lowest BCUT2D eigenvalue weighted by atomic mass is 9.96. The first-order valence-electron chi connectivity index (χ1n) is 12.1. The number of halogens is 2. The third kappa shape index (κ3) is 5.75. The van der Waals surface area contributed by atoms with Crippen LogP contribution in [0.25, 0.3) is 5.57 Å². The van der Waals surface area contributed by atoms with Gasteiger partial charge < -0.3 is 19.4 Å². The molecule has 36 heavy (non-hydrogen) atoms. The van der Waals surface area contributed by atoms with Crippen molar-refractivity contribution in [2.45, 2.75) is 18.9 Å². The van der Waals surface area contributed by atoms with Crippen molar-refractivity contribution >= 4 is 17.7 Å². The fraction of sp³-hybridized carbons (Fsp3) is 0.357. The van der Waals surface area contributed by atoms with Crippen LogP contribution in [0, 0.1) is 17.6 Å². The van der Waals surface area contributed by atoms with Gasteiger partial charge in [0.05, 0.1) is 6.04 Å². The van der Waals surface area contributed by atoms with Gasteiger partial charge in [0.15, 0.2) is 0 Å². The van der Waals surface area contributed by atoms with Crippen molar-refractivity contribution < 1.29 is 23.1 Å². The van der Waals surface area contributed by atoms with Gasteiger partial charge in [0.1, 0.15) is 18.2 Å². The summed E-state index contributed by atoms with van der Waals surface area (Å²) < 4.78 is 33.5. The van der Waals surface area contributed by atoms with Gasteiger partial charge in [0.2, 0.25) is 0 Å². The van der Waals surface area contributed by atoms with Gasteiger partial charge in [0.25, 0.3) is 0 Å². The maximum atomic E-state index is 14.5. The molecular weight excluding hydrogens is 464 g/mol. The second-order valence-electron chi connectivity index (χ2n) is 9.26. The molecule has 2 aromatic carbocycles. The maximum absolute atomic E-state index is 14.5. The molecule has 0 saturated carbocycles. The molecule has 0 aliphatic carbocycles. The molecule has 0 unspecified atom stereocenters. The SMILES string of the molecule is C=CCOC(=O)N1CCC(CN(C)C(=O)N2CC(c3cc(F)ccc3F)=C[C@H]2c2ccccc2)CC1. The molecule has 2 aliphatic rings. The van der Waals surface area contributed by atoms with Crippen LogP contribution in [0.4, 0.5) is 18.4 Å². The number of amides is 3. The van der Waals surface area contributed by atoms with Gasteiger partial charge in [-0.15, -0.1) is 0 Å². The molecule has 0 spiro atoms. The Bertz CT molecular complexity index is 1130. The minimum atomic E-state index is -0.523. The highest BCUT2D eigenvalue weighted by atomic mass is 19.1. The van der Waals surface area contributed by atoms with Crippen molar-refractivity contribution in [3.05, 3.63) is 90.0 Å². The zero-order valence-corrected chi connectivity index (χ0v) is 20.4. The van der Waals surface area contributed by atoms with Crippen molar-refractivity contribution in [1.82, 2.24) is 14.7 Å². The normalized spacial score (nSPS) is 18.1. The summed E-state index contributed by atoms with van der Waals surface area (Å²) in [6.07, 6.45) is 4.56. The van der Waals surface area contributed by atoms with Crippen LogP contribution >= 0.6 is 0 Å². The Balaban J connectivity index is 1.44. The number of hydrogen-bond acceptors (Lipinski definition) is 3. The molecule has 1 atom stereocenters. The molecule has 4 rings (SSSR count). The average Bonchev–Trinajstić information content (AvgIpc) is 3.34. The number of carbonyl (C=O) groups excluding carboxylic acids is 2. The predicted octanol–water partition coefficient (Wildman–Crippen LogP) is 5.49. The first-order valence-corrected chi connectivity index (χ1v) is 12.1. The number of carbonyl (C=O) groups is 2. The molecule has 8 heteroatoms. The first-order chi connectivity index (χ1) is 17.4. The van der Waals surface area contributed by atoms with E-state index in [1.165, 1.54) is 12.1 Å². The van der Waals surface area contributed by atoms with Crippen molar-refractivity contribution in [3.8, 4) is 0 Å². The fourth-order valence-corrected chi connectivity index (χ4v) is 4.85. The summed E-state index contributed by atoms with van der Waals surface area (Å²) in [6.45, 7) is 5.60. The number of hydrogen-bond donors (Lipinski definition) is 0. The summed E-state index contributed by atoms with van der Waals surface area (Å²) >= 11 is 0. The number of urea groups is 1. The number of nitrogens with zero attached hydrogens (tertiary/aromatic N) is 3. The van der Waals surface area contributed by atoms with Gasteiger partial charge >= 0.3 is 12.1 Å². The van der Waals surface area contributed by atoms with Crippen molar-refractivity contribution in [1.29, 1.82) is 0 Å². The van der Waals surface area contributed by atoms with E-state index in [4.69, 9.17) is 4.74 Å². The van der Waals surface area contributed by atoms with Gasteiger partial charge in [0, 0.05) is 38.8 Å². The number of piperidine rings is 1. The van der Waals surface area contributed by atoms with Crippen LogP contribution in [0.1, 0.15) is 30.0 Å². The molecule has 0 bridgehead atoms. The van der Waals surface area contributed by atoms with Crippen LogP contribution in [-0.4, -0.2) is 66.7 Å². The number of ether oxygens (including phenoxy) is 1. The van der Waals surface area contributed by atoms with E-state index in [1.54, 1.807) is 21.7 Å². The second-order valence-corrected chi connectivity index (χ2v) is 9.26. The Morgan fingerprint density at radius 1 is 1.14 bits per heavy atom. The standard InChI is InChI=1S/C28H31F2N3O3/c1-3-15-36-28(35)32-13-11-20(12-14-32)18-31(2)27(34)33-19-22(24-17-23(29)9-10-25(24)30)16-26(33)21-7-5-4-6-8-21/h3-10,16-17,20,26H,1,11-15,18-19H2,2H3/t26-/m0/s1. The highest BCUT2D eigenvalue weighted by molar-refractivity contribution is 5.82. The monoisotopic (exact) mass is 495 g/mol. The van der Waals surface area contributed by atoms with E-state index in [0.29, 0.717) is 25.2 Å².